The SMILES string of the molecule is CC1CC(C)CC(Oc2cccc(C(N)=NO)c2)C1. The first kappa shape index (κ1) is 13.7. The van der Waals surface area contributed by atoms with E-state index >= 15 is 0 Å². The fourth-order valence-corrected chi connectivity index (χ4v) is 2.95. The summed E-state index contributed by atoms with van der Waals surface area (Å²) >= 11 is 0. The molecule has 0 saturated heterocycles. The van der Waals surface area contributed by atoms with Gasteiger partial charge in [0.25, 0.3) is 0 Å². The quantitative estimate of drug-likeness (QED) is 0.381. The minimum absolute atomic E-state index is 0.107. The van der Waals surface area contributed by atoms with Crippen molar-refractivity contribution in [3.63, 3.8) is 0 Å². The van der Waals surface area contributed by atoms with Crippen LogP contribution in [-0.4, -0.2) is 17.1 Å². The summed E-state index contributed by atoms with van der Waals surface area (Å²) in [4.78, 5) is 0. The van der Waals surface area contributed by atoms with E-state index in [4.69, 9.17) is 15.7 Å². The molecule has 1 aliphatic rings. The van der Waals surface area contributed by atoms with E-state index in [1.807, 2.05) is 18.2 Å². The number of ether oxygens (including phenoxy) is 1. The van der Waals surface area contributed by atoms with Crippen molar-refractivity contribution in [2.24, 2.45) is 22.7 Å². The highest BCUT2D eigenvalue weighted by Gasteiger charge is 2.25. The molecule has 0 heterocycles. The highest BCUT2D eigenvalue weighted by molar-refractivity contribution is 5.97. The van der Waals surface area contributed by atoms with Crippen LogP contribution in [-0.2, 0) is 0 Å². The van der Waals surface area contributed by atoms with Gasteiger partial charge >= 0.3 is 0 Å². The molecule has 2 atom stereocenters. The van der Waals surface area contributed by atoms with Crippen molar-refractivity contribution in [1.29, 1.82) is 0 Å². The van der Waals surface area contributed by atoms with Crippen molar-refractivity contribution in [3.8, 4) is 5.75 Å². The summed E-state index contributed by atoms with van der Waals surface area (Å²) in [6.45, 7) is 4.55. The largest absolute Gasteiger partial charge is 0.490 e. The van der Waals surface area contributed by atoms with Gasteiger partial charge in [0.2, 0.25) is 0 Å². The third kappa shape index (κ3) is 3.63. The molecule has 104 valence electrons. The summed E-state index contributed by atoms with van der Waals surface area (Å²) in [5.41, 5.74) is 6.26. The van der Waals surface area contributed by atoms with Gasteiger partial charge in [0.1, 0.15) is 5.75 Å². The maximum absolute atomic E-state index is 8.69. The van der Waals surface area contributed by atoms with Gasteiger partial charge in [-0.05, 0) is 43.2 Å². The molecule has 1 fully saturated rings. The van der Waals surface area contributed by atoms with E-state index in [-0.39, 0.29) is 11.9 Å². The van der Waals surface area contributed by atoms with E-state index in [9.17, 15) is 0 Å². The van der Waals surface area contributed by atoms with Crippen LogP contribution in [0.15, 0.2) is 29.4 Å². The second kappa shape index (κ2) is 5.95. The average Bonchev–Trinajstić information content (AvgIpc) is 2.37. The molecule has 2 unspecified atom stereocenters. The Kier molecular flexibility index (Phi) is 4.30. The van der Waals surface area contributed by atoms with Crippen molar-refractivity contribution in [1.82, 2.24) is 0 Å². The summed E-state index contributed by atoms with van der Waals surface area (Å²) in [6, 6.07) is 7.39. The highest BCUT2D eigenvalue weighted by Crippen LogP contribution is 2.31. The van der Waals surface area contributed by atoms with Crippen LogP contribution in [0.25, 0.3) is 0 Å². The predicted molar refractivity (Wildman–Crippen MR) is 75.5 cm³/mol. The van der Waals surface area contributed by atoms with Crippen molar-refractivity contribution >= 4 is 5.84 Å². The molecule has 0 spiro atoms. The minimum atomic E-state index is 0.107. The zero-order valence-corrected chi connectivity index (χ0v) is 11.5. The fraction of sp³-hybridized carbons (Fsp3) is 0.533. The zero-order chi connectivity index (χ0) is 13.8. The Bertz CT molecular complexity index is 449. The van der Waals surface area contributed by atoms with E-state index < -0.39 is 0 Å². The smallest absolute Gasteiger partial charge is 0.170 e. The summed E-state index contributed by atoms with van der Waals surface area (Å²) in [5, 5.41) is 11.7. The molecule has 1 aromatic rings. The molecule has 0 radical (unpaired) electrons. The summed E-state index contributed by atoms with van der Waals surface area (Å²) in [5.74, 6) is 2.31. The Morgan fingerprint density at radius 2 is 1.95 bits per heavy atom. The molecule has 2 rings (SSSR count). The number of benzene rings is 1. The number of oxime groups is 1. The first-order valence-corrected chi connectivity index (χ1v) is 6.83. The number of amidine groups is 1. The normalized spacial score (nSPS) is 28.1. The molecule has 4 nitrogen and oxygen atoms in total. The summed E-state index contributed by atoms with van der Waals surface area (Å²) in [6.07, 6.45) is 3.74. The zero-order valence-electron chi connectivity index (χ0n) is 11.5. The van der Waals surface area contributed by atoms with Gasteiger partial charge in [0, 0.05) is 5.56 Å². The number of nitrogens with zero attached hydrogens (tertiary/aromatic N) is 1. The van der Waals surface area contributed by atoms with Gasteiger partial charge in [-0.25, -0.2) is 0 Å². The van der Waals surface area contributed by atoms with E-state index in [1.54, 1.807) is 6.07 Å². The van der Waals surface area contributed by atoms with E-state index in [2.05, 4.69) is 19.0 Å². The molecular weight excluding hydrogens is 240 g/mol. The number of hydrogen-bond donors (Lipinski definition) is 2. The van der Waals surface area contributed by atoms with Crippen molar-refractivity contribution in [2.75, 3.05) is 0 Å². The number of hydrogen-bond acceptors (Lipinski definition) is 3. The topological polar surface area (TPSA) is 67.8 Å². The molecule has 1 saturated carbocycles. The van der Waals surface area contributed by atoms with Crippen LogP contribution in [0.5, 0.6) is 5.75 Å². The van der Waals surface area contributed by atoms with Gasteiger partial charge in [-0.3, -0.25) is 0 Å². The Balaban J connectivity index is 2.06. The molecule has 0 amide bonds. The molecule has 3 N–H and O–H groups in total. The standard InChI is InChI=1S/C15H22N2O2/c1-10-6-11(2)8-14(7-10)19-13-5-3-4-12(9-13)15(16)17-18/h3-5,9-11,14,18H,6-8H2,1-2H3,(H2,16,17). The van der Waals surface area contributed by atoms with Crippen molar-refractivity contribution < 1.29 is 9.94 Å². The van der Waals surface area contributed by atoms with Gasteiger partial charge in [0.05, 0.1) is 6.10 Å². The highest BCUT2D eigenvalue weighted by atomic mass is 16.5. The molecule has 0 aliphatic heterocycles. The van der Waals surface area contributed by atoms with E-state index in [0.29, 0.717) is 17.4 Å². The number of rotatable bonds is 3. The van der Waals surface area contributed by atoms with Crippen LogP contribution in [0, 0.1) is 11.8 Å². The molecule has 1 aromatic carbocycles. The van der Waals surface area contributed by atoms with Crippen LogP contribution in [0.3, 0.4) is 0 Å². The van der Waals surface area contributed by atoms with Crippen molar-refractivity contribution in [3.05, 3.63) is 29.8 Å². The van der Waals surface area contributed by atoms with Crippen LogP contribution in [0.4, 0.5) is 0 Å². The molecule has 19 heavy (non-hydrogen) atoms. The lowest BCUT2D eigenvalue weighted by molar-refractivity contribution is 0.101. The lowest BCUT2D eigenvalue weighted by atomic mass is 9.82. The lowest BCUT2D eigenvalue weighted by Crippen LogP contribution is -2.28. The monoisotopic (exact) mass is 262 g/mol. The molecule has 0 aromatic heterocycles. The molecular formula is C15H22N2O2. The second-order valence-corrected chi connectivity index (χ2v) is 5.67. The van der Waals surface area contributed by atoms with Crippen LogP contribution in [0.2, 0.25) is 0 Å². The van der Waals surface area contributed by atoms with Gasteiger partial charge in [-0.1, -0.05) is 31.1 Å². The maximum Gasteiger partial charge on any atom is 0.170 e. The summed E-state index contributed by atoms with van der Waals surface area (Å²) < 4.78 is 6.04. The Labute approximate surface area is 114 Å². The van der Waals surface area contributed by atoms with Gasteiger partial charge < -0.3 is 15.7 Å². The predicted octanol–water partition coefficient (Wildman–Crippen LogP) is 2.98. The summed E-state index contributed by atoms with van der Waals surface area (Å²) in [7, 11) is 0. The first-order chi connectivity index (χ1) is 9.08. The fourth-order valence-electron chi connectivity index (χ4n) is 2.95. The number of nitrogens with two attached hydrogens (primary N) is 1. The van der Waals surface area contributed by atoms with Gasteiger partial charge in [-0.2, -0.15) is 0 Å². The first-order valence-electron chi connectivity index (χ1n) is 6.83. The van der Waals surface area contributed by atoms with Crippen LogP contribution < -0.4 is 10.5 Å². The van der Waals surface area contributed by atoms with Crippen molar-refractivity contribution in [2.45, 2.75) is 39.2 Å². The molecule has 4 heteroatoms. The van der Waals surface area contributed by atoms with E-state index in [0.717, 1.165) is 18.6 Å². The lowest BCUT2D eigenvalue weighted by Gasteiger charge is -2.31. The Hall–Kier alpha value is -1.71. The molecule has 0 bridgehead atoms. The Morgan fingerprint density at radius 3 is 2.58 bits per heavy atom. The third-order valence-corrected chi connectivity index (χ3v) is 3.68. The Morgan fingerprint density at radius 1 is 1.26 bits per heavy atom. The molecule has 1 aliphatic carbocycles. The second-order valence-electron chi connectivity index (χ2n) is 5.67. The minimum Gasteiger partial charge on any atom is -0.490 e. The van der Waals surface area contributed by atoms with Gasteiger partial charge in [-0.15, -0.1) is 0 Å². The van der Waals surface area contributed by atoms with Crippen LogP contribution in [0.1, 0.15) is 38.7 Å². The maximum atomic E-state index is 8.69. The van der Waals surface area contributed by atoms with Crippen LogP contribution >= 0.6 is 0 Å². The van der Waals surface area contributed by atoms with Gasteiger partial charge in [0.15, 0.2) is 5.84 Å². The average molecular weight is 262 g/mol. The third-order valence-electron chi connectivity index (χ3n) is 3.68. The van der Waals surface area contributed by atoms with E-state index in [1.165, 1.54) is 6.42 Å².